The van der Waals surface area contributed by atoms with Crippen LogP contribution >= 0.6 is 0 Å². The smallest absolute Gasteiger partial charge is 0.248 e. The van der Waals surface area contributed by atoms with Crippen LogP contribution in [0.2, 0.25) is 0 Å². The highest BCUT2D eigenvalue weighted by Gasteiger charge is 2.05. The number of nitrogens with one attached hydrogen (secondary N) is 1. The summed E-state index contributed by atoms with van der Waals surface area (Å²) < 4.78 is 0. The van der Waals surface area contributed by atoms with Gasteiger partial charge in [-0.2, -0.15) is 0 Å². The molecule has 0 aliphatic carbocycles. The predicted molar refractivity (Wildman–Crippen MR) is 89.3 cm³/mol. The Kier molecular flexibility index (Phi) is 4.61. The van der Waals surface area contributed by atoms with E-state index >= 15 is 0 Å². The Balaban J connectivity index is 2.07. The fraction of sp³-hybridized carbons (Fsp3) is 0.118. The Bertz CT molecular complexity index is 645. The van der Waals surface area contributed by atoms with Crippen molar-refractivity contribution in [3.05, 3.63) is 60.2 Å². The van der Waals surface area contributed by atoms with Gasteiger partial charge in [-0.05, 0) is 35.9 Å². The fourth-order valence-electron chi connectivity index (χ4n) is 1.92. The molecule has 0 aliphatic rings. The van der Waals surface area contributed by atoms with Gasteiger partial charge >= 0.3 is 0 Å². The number of amides is 1. The van der Waals surface area contributed by atoms with Crippen molar-refractivity contribution < 1.29 is 4.79 Å². The largest absolute Gasteiger partial charge is 0.399 e. The Hall–Kier alpha value is -2.75. The van der Waals surface area contributed by atoms with Crippen LogP contribution in [0, 0.1) is 0 Å². The van der Waals surface area contributed by atoms with E-state index in [0.29, 0.717) is 5.69 Å². The Morgan fingerprint density at radius 1 is 1.10 bits per heavy atom. The molecule has 2 aromatic rings. The number of carbonyl (C=O) groups is 1. The molecule has 0 atom stereocenters. The van der Waals surface area contributed by atoms with Crippen LogP contribution in [0.15, 0.2) is 54.6 Å². The monoisotopic (exact) mass is 281 g/mol. The van der Waals surface area contributed by atoms with Crippen molar-refractivity contribution in [1.82, 2.24) is 0 Å². The van der Waals surface area contributed by atoms with E-state index in [-0.39, 0.29) is 5.91 Å². The summed E-state index contributed by atoms with van der Waals surface area (Å²) in [5, 5.41) is 2.88. The van der Waals surface area contributed by atoms with Crippen LogP contribution < -0.4 is 16.0 Å². The van der Waals surface area contributed by atoms with Crippen molar-refractivity contribution in [1.29, 1.82) is 0 Å². The SMILES string of the molecule is CN(C)c1ccccc1NC(=O)/C=C/c1ccc(N)cc1. The molecule has 0 heterocycles. The highest BCUT2D eigenvalue weighted by atomic mass is 16.1. The third-order valence-electron chi connectivity index (χ3n) is 3.01. The minimum Gasteiger partial charge on any atom is -0.399 e. The molecule has 0 fully saturated rings. The number of rotatable bonds is 4. The van der Waals surface area contributed by atoms with Crippen LogP contribution in [0.25, 0.3) is 6.08 Å². The number of para-hydroxylation sites is 2. The number of carbonyl (C=O) groups excluding carboxylic acids is 1. The summed E-state index contributed by atoms with van der Waals surface area (Å²) in [5.74, 6) is -0.166. The summed E-state index contributed by atoms with van der Waals surface area (Å²) in [7, 11) is 3.88. The van der Waals surface area contributed by atoms with E-state index in [0.717, 1.165) is 16.9 Å². The summed E-state index contributed by atoms with van der Waals surface area (Å²) in [6.07, 6.45) is 3.27. The van der Waals surface area contributed by atoms with E-state index in [9.17, 15) is 4.79 Å². The van der Waals surface area contributed by atoms with E-state index < -0.39 is 0 Å². The van der Waals surface area contributed by atoms with Crippen molar-refractivity contribution in [2.45, 2.75) is 0 Å². The standard InChI is InChI=1S/C17H19N3O/c1-20(2)16-6-4-3-5-15(16)19-17(21)12-9-13-7-10-14(18)11-8-13/h3-12H,18H2,1-2H3,(H,19,21)/b12-9+. The van der Waals surface area contributed by atoms with E-state index in [1.54, 1.807) is 18.2 Å². The van der Waals surface area contributed by atoms with Gasteiger partial charge in [-0.1, -0.05) is 24.3 Å². The van der Waals surface area contributed by atoms with E-state index in [1.165, 1.54) is 6.08 Å². The van der Waals surface area contributed by atoms with Gasteiger partial charge in [0.15, 0.2) is 0 Å². The molecule has 1 amide bonds. The maximum atomic E-state index is 12.0. The molecule has 3 N–H and O–H groups in total. The number of nitrogens with two attached hydrogens (primary N) is 1. The van der Waals surface area contributed by atoms with Crippen LogP contribution in [0.4, 0.5) is 17.1 Å². The van der Waals surface area contributed by atoms with Crippen LogP contribution in [-0.2, 0) is 4.79 Å². The molecule has 21 heavy (non-hydrogen) atoms. The zero-order chi connectivity index (χ0) is 15.2. The molecule has 0 unspecified atom stereocenters. The molecule has 0 saturated carbocycles. The number of nitrogen functional groups attached to an aromatic ring is 1. The molecular weight excluding hydrogens is 262 g/mol. The molecular formula is C17H19N3O. The van der Waals surface area contributed by atoms with Gasteiger partial charge in [0.2, 0.25) is 5.91 Å². The van der Waals surface area contributed by atoms with Crippen LogP contribution in [-0.4, -0.2) is 20.0 Å². The van der Waals surface area contributed by atoms with E-state index in [2.05, 4.69) is 5.32 Å². The number of benzene rings is 2. The van der Waals surface area contributed by atoms with Crippen molar-refractivity contribution in [3.8, 4) is 0 Å². The highest BCUT2D eigenvalue weighted by Crippen LogP contribution is 2.23. The summed E-state index contributed by atoms with van der Waals surface area (Å²) in [5.41, 5.74) is 9.01. The molecule has 0 spiro atoms. The molecule has 0 aliphatic heterocycles. The van der Waals surface area contributed by atoms with Crippen LogP contribution in [0.5, 0.6) is 0 Å². The second-order valence-electron chi connectivity index (χ2n) is 4.90. The fourth-order valence-corrected chi connectivity index (χ4v) is 1.92. The van der Waals surface area contributed by atoms with Gasteiger partial charge < -0.3 is 16.0 Å². The van der Waals surface area contributed by atoms with Gasteiger partial charge in [0, 0.05) is 25.9 Å². The molecule has 2 rings (SSSR count). The molecule has 4 heteroatoms. The zero-order valence-electron chi connectivity index (χ0n) is 12.2. The maximum Gasteiger partial charge on any atom is 0.248 e. The lowest BCUT2D eigenvalue weighted by atomic mass is 10.2. The minimum atomic E-state index is -0.166. The summed E-state index contributed by atoms with van der Waals surface area (Å²) >= 11 is 0. The first-order chi connectivity index (χ1) is 10.1. The second kappa shape index (κ2) is 6.61. The summed E-state index contributed by atoms with van der Waals surface area (Å²) in [4.78, 5) is 13.9. The molecule has 2 aromatic carbocycles. The number of hydrogen-bond donors (Lipinski definition) is 2. The first kappa shape index (κ1) is 14.7. The number of nitrogens with zero attached hydrogens (tertiary/aromatic N) is 1. The average molecular weight is 281 g/mol. The molecule has 108 valence electrons. The second-order valence-corrected chi connectivity index (χ2v) is 4.90. The van der Waals surface area contributed by atoms with E-state index in [1.807, 2.05) is 55.4 Å². The first-order valence-electron chi connectivity index (χ1n) is 6.67. The quantitative estimate of drug-likeness (QED) is 0.669. The van der Waals surface area contributed by atoms with Crippen molar-refractivity contribution in [2.24, 2.45) is 0 Å². The molecule has 0 saturated heterocycles. The Morgan fingerprint density at radius 3 is 2.43 bits per heavy atom. The third-order valence-corrected chi connectivity index (χ3v) is 3.01. The lowest BCUT2D eigenvalue weighted by molar-refractivity contribution is -0.111. The number of hydrogen-bond acceptors (Lipinski definition) is 3. The minimum absolute atomic E-state index is 0.166. The van der Waals surface area contributed by atoms with Crippen molar-refractivity contribution in [2.75, 3.05) is 30.0 Å². The Labute approximate surface area is 124 Å². The zero-order valence-corrected chi connectivity index (χ0v) is 12.2. The lowest BCUT2D eigenvalue weighted by Crippen LogP contribution is -2.14. The van der Waals surface area contributed by atoms with Gasteiger partial charge in [0.25, 0.3) is 0 Å². The third kappa shape index (κ3) is 4.11. The Morgan fingerprint density at radius 2 is 1.76 bits per heavy atom. The highest BCUT2D eigenvalue weighted by molar-refractivity contribution is 6.03. The lowest BCUT2D eigenvalue weighted by Gasteiger charge is -2.17. The van der Waals surface area contributed by atoms with E-state index in [4.69, 9.17) is 5.73 Å². The predicted octanol–water partition coefficient (Wildman–Crippen LogP) is 2.99. The van der Waals surface area contributed by atoms with Crippen molar-refractivity contribution in [3.63, 3.8) is 0 Å². The summed E-state index contributed by atoms with van der Waals surface area (Å²) in [6, 6.07) is 15.0. The molecule has 0 aromatic heterocycles. The van der Waals surface area contributed by atoms with Gasteiger partial charge in [0.1, 0.15) is 0 Å². The van der Waals surface area contributed by atoms with Gasteiger partial charge in [0.05, 0.1) is 11.4 Å². The molecule has 4 nitrogen and oxygen atoms in total. The van der Waals surface area contributed by atoms with Crippen molar-refractivity contribution >= 4 is 29.0 Å². The van der Waals surface area contributed by atoms with Gasteiger partial charge in [-0.25, -0.2) is 0 Å². The van der Waals surface area contributed by atoms with Gasteiger partial charge in [-0.3, -0.25) is 4.79 Å². The van der Waals surface area contributed by atoms with Gasteiger partial charge in [-0.15, -0.1) is 0 Å². The summed E-state index contributed by atoms with van der Waals surface area (Å²) in [6.45, 7) is 0. The topological polar surface area (TPSA) is 58.4 Å². The maximum absolute atomic E-state index is 12.0. The molecule has 0 bridgehead atoms. The van der Waals surface area contributed by atoms with Crippen LogP contribution in [0.1, 0.15) is 5.56 Å². The average Bonchev–Trinajstić information content (AvgIpc) is 2.47. The first-order valence-corrected chi connectivity index (χ1v) is 6.67. The number of anilines is 3. The normalized spacial score (nSPS) is 10.6. The van der Waals surface area contributed by atoms with Crippen LogP contribution in [0.3, 0.4) is 0 Å². The molecule has 0 radical (unpaired) electrons.